The number of benzene rings is 2. The normalized spacial score (nSPS) is 11.8. The number of carbonyl (C=O) groups is 1. The molecule has 2 aromatic carbocycles. The molecule has 0 spiro atoms. The van der Waals surface area contributed by atoms with Crippen LogP contribution in [0.4, 0.5) is 9.18 Å². The maximum absolute atomic E-state index is 12.9. The largest absolute Gasteiger partial charge is 0.387 e. The quantitative estimate of drug-likeness (QED) is 0.688. The van der Waals surface area contributed by atoms with Gasteiger partial charge in [0.1, 0.15) is 5.82 Å². The van der Waals surface area contributed by atoms with Crippen molar-refractivity contribution in [1.29, 1.82) is 0 Å². The van der Waals surface area contributed by atoms with E-state index in [0.29, 0.717) is 25.3 Å². The Balaban J connectivity index is 1.80. The van der Waals surface area contributed by atoms with Crippen LogP contribution in [0, 0.1) is 5.82 Å². The van der Waals surface area contributed by atoms with Crippen molar-refractivity contribution < 1.29 is 19.0 Å². The van der Waals surface area contributed by atoms with Gasteiger partial charge >= 0.3 is 6.03 Å². The highest BCUT2D eigenvalue weighted by Gasteiger charge is 2.10. The second-order valence-electron chi connectivity index (χ2n) is 5.54. The van der Waals surface area contributed by atoms with Gasteiger partial charge in [-0.3, -0.25) is 0 Å². The Morgan fingerprint density at radius 1 is 1.12 bits per heavy atom. The molecule has 2 amide bonds. The van der Waals surface area contributed by atoms with Crippen LogP contribution in [0.1, 0.15) is 29.7 Å². The van der Waals surface area contributed by atoms with Gasteiger partial charge in [-0.2, -0.15) is 0 Å². The smallest absolute Gasteiger partial charge is 0.315 e. The number of aliphatic hydroxyl groups is 1. The summed E-state index contributed by atoms with van der Waals surface area (Å²) in [7, 11) is 0. The number of halogens is 1. The Labute approximate surface area is 146 Å². The van der Waals surface area contributed by atoms with Crippen molar-refractivity contribution in [2.45, 2.75) is 26.2 Å². The Bertz CT molecular complexity index is 677. The molecule has 25 heavy (non-hydrogen) atoms. The van der Waals surface area contributed by atoms with Gasteiger partial charge in [-0.1, -0.05) is 36.4 Å². The van der Waals surface area contributed by atoms with Gasteiger partial charge < -0.3 is 20.5 Å². The number of carbonyl (C=O) groups excluding carboxylic acids is 1. The molecule has 2 aromatic rings. The van der Waals surface area contributed by atoms with Crippen molar-refractivity contribution in [3.8, 4) is 0 Å². The minimum Gasteiger partial charge on any atom is -0.387 e. The molecule has 0 saturated heterocycles. The van der Waals surface area contributed by atoms with Gasteiger partial charge in [-0.05, 0) is 35.7 Å². The van der Waals surface area contributed by atoms with Gasteiger partial charge in [0.25, 0.3) is 0 Å². The zero-order valence-electron chi connectivity index (χ0n) is 14.2. The van der Waals surface area contributed by atoms with Crippen LogP contribution in [-0.2, 0) is 17.9 Å². The van der Waals surface area contributed by atoms with E-state index < -0.39 is 6.10 Å². The molecule has 0 fully saturated rings. The van der Waals surface area contributed by atoms with Crippen LogP contribution in [-0.4, -0.2) is 24.3 Å². The van der Waals surface area contributed by atoms with Crippen molar-refractivity contribution in [3.63, 3.8) is 0 Å². The first-order chi connectivity index (χ1) is 12.1. The van der Waals surface area contributed by atoms with E-state index in [1.165, 1.54) is 24.3 Å². The molecule has 0 aliphatic carbocycles. The van der Waals surface area contributed by atoms with Crippen molar-refractivity contribution in [2.75, 3.05) is 13.2 Å². The summed E-state index contributed by atoms with van der Waals surface area (Å²) in [5.74, 6) is -0.368. The fourth-order valence-corrected chi connectivity index (χ4v) is 2.31. The van der Waals surface area contributed by atoms with Crippen molar-refractivity contribution >= 4 is 6.03 Å². The van der Waals surface area contributed by atoms with Crippen LogP contribution < -0.4 is 10.6 Å². The highest BCUT2D eigenvalue weighted by Crippen LogP contribution is 2.12. The van der Waals surface area contributed by atoms with Gasteiger partial charge in [0.15, 0.2) is 0 Å². The van der Waals surface area contributed by atoms with Crippen molar-refractivity contribution in [3.05, 3.63) is 71.0 Å². The minimum atomic E-state index is -0.892. The maximum atomic E-state index is 12.9. The molecule has 6 heteroatoms. The van der Waals surface area contributed by atoms with Gasteiger partial charge in [-0.25, -0.2) is 9.18 Å². The lowest BCUT2D eigenvalue weighted by molar-refractivity contribution is 0.133. The molecule has 5 nitrogen and oxygen atoms in total. The summed E-state index contributed by atoms with van der Waals surface area (Å²) >= 11 is 0. The summed E-state index contributed by atoms with van der Waals surface area (Å²) in [6.07, 6.45) is -0.892. The molecule has 2 rings (SSSR count). The average molecular weight is 346 g/mol. The number of hydrogen-bond acceptors (Lipinski definition) is 3. The predicted molar refractivity (Wildman–Crippen MR) is 93.4 cm³/mol. The second kappa shape index (κ2) is 9.76. The van der Waals surface area contributed by atoms with Gasteiger partial charge in [0.05, 0.1) is 12.7 Å². The number of aliphatic hydroxyl groups excluding tert-OH is 1. The fraction of sp³-hybridized carbons (Fsp3) is 0.316. The molecule has 0 aliphatic heterocycles. The van der Waals surface area contributed by atoms with Crippen LogP contribution in [0.25, 0.3) is 0 Å². The average Bonchev–Trinajstić information content (AvgIpc) is 2.64. The number of amides is 2. The number of nitrogens with one attached hydrogen (secondary N) is 2. The van der Waals surface area contributed by atoms with E-state index in [9.17, 15) is 14.3 Å². The second-order valence-corrected chi connectivity index (χ2v) is 5.54. The molecule has 0 heterocycles. The lowest BCUT2D eigenvalue weighted by atomic mass is 10.1. The highest BCUT2D eigenvalue weighted by atomic mass is 19.1. The van der Waals surface area contributed by atoms with E-state index in [2.05, 4.69) is 10.6 Å². The zero-order chi connectivity index (χ0) is 18.1. The standard InChI is InChI=1S/C19H23FN2O3/c1-2-25-13-16-6-4-3-5-15(16)11-21-19(24)22-12-18(23)14-7-9-17(20)10-8-14/h3-10,18,23H,2,11-13H2,1H3,(H2,21,22,24). The summed E-state index contributed by atoms with van der Waals surface area (Å²) in [4.78, 5) is 11.9. The Morgan fingerprint density at radius 3 is 2.48 bits per heavy atom. The summed E-state index contributed by atoms with van der Waals surface area (Å²) in [5.41, 5.74) is 2.55. The SMILES string of the molecule is CCOCc1ccccc1CNC(=O)NCC(O)c1ccc(F)cc1. The highest BCUT2D eigenvalue weighted by molar-refractivity contribution is 5.73. The molecule has 0 aliphatic rings. The van der Waals surface area contributed by atoms with E-state index in [4.69, 9.17) is 4.74 Å². The lowest BCUT2D eigenvalue weighted by Gasteiger charge is -2.14. The summed E-state index contributed by atoms with van der Waals surface area (Å²) in [5, 5.41) is 15.4. The van der Waals surface area contributed by atoms with Gasteiger partial charge in [-0.15, -0.1) is 0 Å². The number of hydrogen-bond donors (Lipinski definition) is 3. The summed E-state index contributed by atoms with van der Waals surface area (Å²) < 4.78 is 18.3. The first-order valence-corrected chi connectivity index (χ1v) is 8.20. The Kier molecular flexibility index (Phi) is 7.37. The lowest BCUT2D eigenvalue weighted by Crippen LogP contribution is -2.37. The molecule has 0 aromatic heterocycles. The Morgan fingerprint density at radius 2 is 1.80 bits per heavy atom. The molecular formula is C19H23FN2O3. The third-order valence-electron chi connectivity index (χ3n) is 3.73. The summed E-state index contributed by atoms with van der Waals surface area (Å²) in [6.45, 7) is 3.46. The van der Waals surface area contributed by atoms with E-state index in [-0.39, 0.29) is 18.4 Å². The van der Waals surface area contributed by atoms with Gasteiger partial charge in [0.2, 0.25) is 0 Å². The molecule has 1 atom stereocenters. The van der Waals surface area contributed by atoms with Crippen molar-refractivity contribution in [2.24, 2.45) is 0 Å². The van der Waals surface area contributed by atoms with Crippen LogP contribution >= 0.6 is 0 Å². The predicted octanol–water partition coefficient (Wildman–Crippen LogP) is 2.90. The van der Waals surface area contributed by atoms with Crippen molar-refractivity contribution in [1.82, 2.24) is 10.6 Å². The van der Waals surface area contributed by atoms with E-state index in [1.54, 1.807) is 0 Å². The third-order valence-corrected chi connectivity index (χ3v) is 3.73. The van der Waals surface area contributed by atoms with Crippen LogP contribution in [0.3, 0.4) is 0 Å². The monoisotopic (exact) mass is 346 g/mol. The van der Waals surface area contributed by atoms with Crippen LogP contribution in [0.2, 0.25) is 0 Å². The number of urea groups is 1. The molecule has 0 radical (unpaired) electrons. The topological polar surface area (TPSA) is 70.6 Å². The first kappa shape index (κ1) is 18.9. The number of ether oxygens (including phenoxy) is 1. The van der Waals surface area contributed by atoms with E-state index in [1.807, 2.05) is 31.2 Å². The molecule has 0 saturated carbocycles. The molecule has 134 valence electrons. The molecular weight excluding hydrogens is 323 g/mol. The number of rotatable bonds is 8. The van der Waals surface area contributed by atoms with E-state index in [0.717, 1.165) is 11.1 Å². The molecule has 1 unspecified atom stereocenters. The molecule has 0 bridgehead atoms. The van der Waals surface area contributed by atoms with Crippen LogP contribution in [0.15, 0.2) is 48.5 Å². The maximum Gasteiger partial charge on any atom is 0.315 e. The molecule has 3 N–H and O–H groups in total. The zero-order valence-corrected chi connectivity index (χ0v) is 14.2. The minimum absolute atomic E-state index is 0.0397. The van der Waals surface area contributed by atoms with Gasteiger partial charge in [0, 0.05) is 19.7 Å². The van der Waals surface area contributed by atoms with E-state index >= 15 is 0 Å². The summed E-state index contributed by atoms with van der Waals surface area (Å²) in [6, 6.07) is 12.9. The Hall–Kier alpha value is -2.44. The third kappa shape index (κ3) is 6.17. The first-order valence-electron chi connectivity index (χ1n) is 8.20. The van der Waals surface area contributed by atoms with Crippen LogP contribution in [0.5, 0.6) is 0 Å². The fourth-order valence-electron chi connectivity index (χ4n) is 2.31.